The van der Waals surface area contributed by atoms with E-state index in [0.29, 0.717) is 5.92 Å². The standard InChI is InChI=1S/C27H35NO2/c1-16(2)24-22-23(21-19(28-24)14-26(4,5)15-20(21)29)27(12-6-7-13-27)30-25(22)18-10-8-17(3)9-11-18/h8-11,16,20,25,29H,6-7,12-15H2,1-5H3/t20?,25-/m1/s1. The Kier molecular flexibility index (Phi) is 4.65. The van der Waals surface area contributed by atoms with Crippen LogP contribution in [-0.2, 0) is 16.8 Å². The lowest BCUT2D eigenvalue weighted by Gasteiger charge is -2.38. The number of aryl methyl sites for hydroxylation is 1. The van der Waals surface area contributed by atoms with Crippen LogP contribution in [0.4, 0.5) is 0 Å². The van der Waals surface area contributed by atoms with Crippen molar-refractivity contribution in [2.24, 2.45) is 5.41 Å². The molecule has 3 aliphatic rings. The largest absolute Gasteiger partial charge is 0.388 e. The Bertz CT molecular complexity index is 967. The zero-order valence-corrected chi connectivity index (χ0v) is 19.1. The highest BCUT2D eigenvalue weighted by Crippen LogP contribution is 2.59. The van der Waals surface area contributed by atoms with Gasteiger partial charge in [-0.1, -0.05) is 70.4 Å². The van der Waals surface area contributed by atoms with E-state index in [1.165, 1.54) is 40.8 Å². The van der Waals surface area contributed by atoms with Gasteiger partial charge in [0.15, 0.2) is 0 Å². The van der Waals surface area contributed by atoms with Gasteiger partial charge >= 0.3 is 0 Å². The van der Waals surface area contributed by atoms with Crippen LogP contribution in [0.2, 0.25) is 0 Å². The van der Waals surface area contributed by atoms with Gasteiger partial charge in [0.25, 0.3) is 0 Å². The summed E-state index contributed by atoms with van der Waals surface area (Å²) in [5.74, 6) is 0.319. The van der Waals surface area contributed by atoms with E-state index in [1.807, 2.05) is 0 Å². The minimum absolute atomic E-state index is 0.0700. The second kappa shape index (κ2) is 6.90. The van der Waals surface area contributed by atoms with Crippen LogP contribution in [0, 0.1) is 12.3 Å². The predicted octanol–water partition coefficient (Wildman–Crippen LogP) is 6.41. The molecule has 3 nitrogen and oxygen atoms in total. The van der Waals surface area contributed by atoms with Gasteiger partial charge in [-0.25, -0.2) is 0 Å². The van der Waals surface area contributed by atoms with Crippen LogP contribution in [0.25, 0.3) is 0 Å². The second-order valence-corrected chi connectivity index (χ2v) is 11.0. The van der Waals surface area contributed by atoms with Crippen LogP contribution in [-0.4, -0.2) is 10.1 Å². The van der Waals surface area contributed by atoms with E-state index in [2.05, 4.69) is 58.9 Å². The Balaban J connectivity index is 1.79. The lowest BCUT2D eigenvalue weighted by molar-refractivity contribution is -0.0580. The quantitative estimate of drug-likeness (QED) is 0.628. The normalized spacial score (nSPS) is 26.2. The molecular formula is C27H35NO2. The summed E-state index contributed by atoms with van der Waals surface area (Å²) in [7, 11) is 0. The number of aliphatic hydroxyl groups excluding tert-OH is 1. The van der Waals surface area contributed by atoms with Gasteiger partial charge in [0, 0.05) is 22.5 Å². The van der Waals surface area contributed by atoms with Crippen LogP contribution in [0.5, 0.6) is 0 Å². The zero-order chi connectivity index (χ0) is 21.3. The first-order chi connectivity index (χ1) is 14.2. The van der Waals surface area contributed by atoms with Gasteiger partial charge in [-0.3, -0.25) is 4.98 Å². The lowest BCUT2D eigenvalue weighted by atomic mass is 9.70. The molecule has 2 atom stereocenters. The molecule has 2 aliphatic carbocycles. The van der Waals surface area contributed by atoms with Gasteiger partial charge < -0.3 is 9.84 Å². The van der Waals surface area contributed by atoms with Crippen molar-refractivity contribution in [3.05, 3.63) is 63.5 Å². The summed E-state index contributed by atoms with van der Waals surface area (Å²) in [5.41, 5.74) is 8.23. The first-order valence-corrected chi connectivity index (χ1v) is 11.7. The molecule has 1 saturated carbocycles. The Labute approximate surface area is 180 Å². The number of benzene rings is 1. The molecule has 3 heteroatoms. The molecule has 1 N–H and O–H groups in total. The SMILES string of the molecule is Cc1ccc([C@H]2OC3(CCCC3)c3c4c(nc(C(C)C)c32)CC(C)(C)CC4O)cc1. The Morgan fingerprint density at radius 3 is 2.37 bits per heavy atom. The smallest absolute Gasteiger partial charge is 0.111 e. The molecule has 0 amide bonds. The van der Waals surface area contributed by atoms with E-state index in [0.717, 1.165) is 36.9 Å². The van der Waals surface area contributed by atoms with Crippen molar-refractivity contribution in [3.8, 4) is 0 Å². The van der Waals surface area contributed by atoms with Crippen molar-refractivity contribution >= 4 is 0 Å². The highest BCUT2D eigenvalue weighted by molar-refractivity contribution is 5.54. The lowest BCUT2D eigenvalue weighted by Crippen LogP contribution is -2.32. The Morgan fingerprint density at radius 2 is 1.73 bits per heavy atom. The van der Waals surface area contributed by atoms with Gasteiger partial charge in [0.05, 0.1) is 11.7 Å². The van der Waals surface area contributed by atoms with E-state index < -0.39 is 6.10 Å². The number of hydrogen-bond acceptors (Lipinski definition) is 3. The van der Waals surface area contributed by atoms with Crippen molar-refractivity contribution in [2.75, 3.05) is 0 Å². The van der Waals surface area contributed by atoms with E-state index in [9.17, 15) is 5.11 Å². The number of fused-ring (bicyclic) bond motifs is 4. The van der Waals surface area contributed by atoms with E-state index in [1.54, 1.807) is 0 Å². The topological polar surface area (TPSA) is 42.4 Å². The molecule has 0 bridgehead atoms. The first-order valence-electron chi connectivity index (χ1n) is 11.7. The van der Waals surface area contributed by atoms with Crippen molar-refractivity contribution in [3.63, 3.8) is 0 Å². The highest BCUT2D eigenvalue weighted by Gasteiger charge is 2.52. The number of aromatic nitrogens is 1. The number of aliphatic hydroxyl groups is 1. The second-order valence-electron chi connectivity index (χ2n) is 11.0. The number of nitrogens with zero attached hydrogens (tertiary/aromatic N) is 1. The number of hydrogen-bond donors (Lipinski definition) is 1. The fourth-order valence-corrected chi connectivity index (χ4v) is 6.16. The minimum Gasteiger partial charge on any atom is -0.388 e. The van der Waals surface area contributed by atoms with Crippen molar-refractivity contribution in [1.82, 2.24) is 4.98 Å². The molecule has 5 rings (SSSR count). The number of pyridine rings is 1. The zero-order valence-electron chi connectivity index (χ0n) is 19.1. The molecule has 2 heterocycles. The third-order valence-corrected chi connectivity index (χ3v) is 7.51. The summed E-state index contributed by atoms with van der Waals surface area (Å²) in [5, 5.41) is 11.3. The van der Waals surface area contributed by atoms with Gasteiger partial charge in [-0.2, -0.15) is 0 Å². The van der Waals surface area contributed by atoms with Crippen LogP contribution < -0.4 is 0 Å². The molecule has 1 unspecified atom stereocenters. The number of rotatable bonds is 2. The summed E-state index contributed by atoms with van der Waals surface area (Å²) in [6, 6.07) is 8.77. The first kappa shape index (κ1) is 20.2. The van der Waals surface area contributed by atoms with E-state index in [-0.39, 0.29) is 17.1 Å². The molecule has 2 aromatic rings. The van der Waals surface area contributed by atoms with E-state index in [4.69, 9.17) is 9.72 Å². The predicted molar refractivity (Wildman–Crippen MR) is 120 cm³/mol. The summed E-state index contributed by atoms with van der Waals surface area (Å²) in [6.07, 6.45) is 5.66. The molecule has 1 aromatic carbocycles. The molecular weight excluding hydrogens is 370 g/mol. The maximum Gasteiger partial charge on any atom is 0.111 e. The molecule has 0 saturated heterocycles. The molecule has 1 fully saturated rings. The molecule has 1 aliphatic heterocycles. The Hall–Kier alpha value is -1.71. The summed E-state index contributed by atoms with van der Waals surface area (Å²) in [4.78, 5) is 5.24. The van der Waals surface area contributed by atoms with Crippen LogP contribution in [0.1, 0.15) is 117 Å². The minimum atomic E-state index is -0.455. The van der Waals surface area contributed by atoms with Crippen molar-refractivity contribution in [2.45, 2.75) is 96.9 Å². The average molecular weight is 406 g/mol. The van der Waals surface area contributed by atoms with Gasteiger partial charge in [-0.15, -0.1) is 0 Å². The molecule has 1 aromatic heterocycles. The van der Waals surface area contributed by atoms with Crippen molar-refractivity contribution < 1.29 is 9.84 Å². The molecule has 0 radical (unpaired) electrons. The highest BCUT2D eigenvalue weighted by atomic mass is 16.5. The van der Waals surface area contributed by atoms with Gasteiger partial charge in [-0.05, 0) is 55.1 Å². The van der Waals surface area contributed by atoms with Gasteiger partial charge in [0.2, 0.25) is 0 Å². The van der Waals surface area contributed by atoms with Crippen LogP contribution in [0.3, 0.4) is 0 Å². The van der Waals surface area contributed by atoms with Crippen LogP contribution >= 0.6 is 0 Å². The average Bonchev–Trinajstić information content (AvgIpc) is 3.26. The summed E-state index contributed by atoms with van der Waals surface area (Å²) < 4.78 is 7.01. The third-order valence-electron chi connectivity index (χ3n) is 7.51. The van der Waals surface area contributed by atoms with E-state index >= 15 is 0 Å². The molecule has 30 heavy (non-hydrogen) atoms. The maximum atomic E-state index is 11.3. The monoisotopic (exact) mass is 405 g/mol. The number of ether oxygens (including phenoxy) is 1. The van der Waals surface area contributed by atoms with Crippen molar-refractivity contribution in [1.29, 1.82) is 0 Å². The summed E-state index contributed by atoms with van der Waals surface area (Å²) in [6.45, 7) is 11.1. The molecule has 1 spiro atoms. The summed E-state index contributed by atoms with van der Waals surface area (Å²) >= 11 is 0. The molecule has 160 valence electrons. The Morgan fingerprint density at radius 1 is 1.07 bits per heavy atom. The van der Waals surface area contributed by atoms with Crippen LogP contribution in [0.15, 0.2) is 24.3 Å². The van der Waals surface area contributed by atoms with Gasteiger partial charge in [0.1, 0.15) is 6.10 Å². The maximum absolute atomic E-state index is 11.3. The fraction of sp³-hybridized carbons (Fsp3) is 0.593. The fourth-order valence-electron chi connectivity index (χ4n) is 6.16. The third kappa shape index (κ3) is 3.05.